The zero-order valence-corrected chi connectivity index (χ0v) is 11.9. The van der Waals surface area contributed by atoms with E-state index >= 15 is 0 Å². The molecule has 0 aliphatic carbocycles. The Bertz CT molecular complexity index is 734. The fraction of sp³-hybridized carbons (Fsp3) is 0. The van der Waals surface area contributed by atoms with Crippen LogP contribution in [0.3, 0.4) is 0 Å². The second-order valence-corrected chi connectivity index (χ2v) is 5.14. The molecule has 3 rings (SSSR count). The smallest absolute Gasteiger partial charge is 0.115 e. The summed E-state index contributed by atoms with van der Waals surface area (Å²) in [6.07, 6.45) is 0. The molecule has 0 bridgehead atoms. The maximum absolute atomic E-state index is 9.32. The number of rotatable bonds is 2. The highest BCUT2D eigenvalue weighted by atomic mass is 79.9. The molecule has 20 heavy (non-hydrogen) atoms. The Morgan fingerprint density at radius 3 is 2.00 bits per heavy atom. The van der Waals surface area contributed by atoms with E-state index in [-0.39, 0.29) is 11.5 Å². The Balaban J connectivity index is 2.02. The molecule has 0 radical (unpaired) electrons. The highest BCUT2D eigenvalue weighted by Crippen LogP contribution is 2.26. The summed E-state index contributed by atoms with van der Waals surface area (Å²) >= 11 is 3.47. The Kier molecular flexibility index (Phi) is 3.20. The van der Waals surface area contributed by atoms with Crippen LogP contribution in [0.25, 0.3) is 16.9 Å². The summed E-state index contributed by atoms with van der Waals surface area (Å²) in [5.41, 5.74) is 2.56. The minimum Gasteiger partial charge on any atom is -0.508 e. The fourth-order valence-electron chi connectivity index (χ4n) is 1.91. The van der Waals surface area contributed by atoms with E-state index in [1.165, 1.54) is 0 Å². The molecule has 1 aromatic heterocycles. The largest absolute Gasteiger partial charge is 0.508 e. The van der Waals surface area contributed by atoms with E-state index in [2.05, 4.69) is 21.0 Å². The first kappa shape index (κ1) is 12.7. The van der Waals surface area contributed by atoms with E-state index in [4.69, 9.17) is 0 Å². The van der Waals surface area contributed by atoms with Crippen molar-refractivity contribution in [3.05, 3.63) is 59.2 Å². The quantitative estimate of drug-likeness (QED) is 0.753. The van der Waals surface area contributed by atoms with Crippen LogP contribution in [-0.4, -0.2) is 20.0 Å². The van der Waals surface area contributed by atoms with E-state index in [9.17, 15) is 10.2 Å². The van der Waals surface area contributed by atoms with Gasteiger partial charge in [-0.25, -0.2) is 4.68 Å². The lowest BCUT2D eigenvalue weighted by Gasteiger charge is -2.03. The predicted octanol–water partition coefficient (Wildman–Crippen LogP) is 3.71. The number of aromatic nitrogens is 2. The maximum atomic E-state index is 9.32. The average Bonchev–Trinajstić information content (AvgIpc) is 2.82. The molecule has 0 fully saturated rings. The number of phenolic OH excluding ortho intramolecular Hbond substituents is 2. The minimum atomic E-state index is 0.218. The molecule has 0 amide bonds. The van der Waals surface area contributed by atoms with Gasteiger partial charge in [-0.05, 0) is 70.5 Å². The maximum Gasteiger partial charge on any atom is 0.115 e. The van der Waals surface area contributed by atoms with E-state index in [0.29, 0.717) is 0 Å². The van der Waals surface area contributed by atoms with Crippen LogP contribution in [-0.2, 0) is 0 Å². The third-order valence-corrected chi connectivity index (χ3v) is 3.49. The molecule has 3 aromatic rings. The molecule has 0 atom stereocenters. The lowest BCUT2D eigenvalue weighted by Crippen LogP contribution is -1.96. The van der Waals surface area contributed by atoms with Crippen molar-refractivity contribution in [2.45, 2.75) is 0 Å². The van der Waals surface area contributed by atoms with E-state index in [1.807, 2.05) is 18.2 Å². The van der Waals surface area contributed by atoms with Crippen LogP contribution < -0.4 is 0 Å². The van der Waals surface area contributed by atoms with Crippen LogP contribution in [0.4, 0.5) is 0 Å². The van der Waals surface area contributed by atoms with Crippen molar-refractivity contribution in [3.8, 4) is 28.4 Å². The van der Waals surface area contributed by atoms with Crippen LogP contribution in [0.15, 0.2) is 59.2 Å². The van der Waals surface area contributed by atoms with Crippen molar-refractivity contribution in [2.24, 2.45) is 0 Å². The predicted molar refractivity (Wildman–Crippen MR) is 80.0 cm³/mol. The first-order chi connectivity index (χ1) is 9.63. The van der Waals surface area contributed by atoms with Gasteiger partial charge in [0.15, 0.2) is 0 Å². The molecule has 1 heterocycles. The average molecular weight is 331 g/mol. The van der Waals surface area contributed by atoms with Crippen molar-refractivity contribution in [1.29, 1.82) is 0 Å². The van der Waals surface area contributed by atoms with Gasteiger partial charge in [0.1, 0.15) is 16.1 Å². The summed E-state index contributed by atoms with van der Waals surface area (Å²) < 4.78 is 2.55. The fourth-order valence-corrected chi connectivity index (χ4v) is 2.41. The van der Waals surface area contributed by atoms with Crippen LogP contribution in [0.5, 0.6) is 11.5 Å². The monoisotopic (exact) mass is 330 g/mol. The van der Waals surface area contributed by atoms with Gasteiger partial charge in [-0.1, -0.05) is 0 Å². The van der Waals surface area contributed by atoms with E-state index in [1.54, 1.807) is 41.1 Å². The summed E-state index contributed by atoms with van der Waals surface area (Å²) in [5, 5.41) is 23.1. The molecule has 2 aromatic carbocycles. The zero-order valence-electron chi connectivity index (χ0n) is 10.4. The van der Waals surface area contributed by atoms with Crippen LogP contribution in [0.1, 0.15) is 0 Å². The number of hydrogen-bond donors (Lipinski definition) is 2. The summed E-state index contributed by atoms with van der Waals surface area (Å²) in [6, 6.07) is 15.6. The summed E-state index contributed by atoms with van der Waals surface area (Å²) in [6.45, 7) is 0. The first-order valence-corrected chi connectivity index (χ1v) is 6.77. The van der Waals surface area contributed by atoms with Gasteiger partial charge < -0.3 is 10.2 Å². The van der Waals surface area contributed by atoms with Gasteiger partial charge in [-0.15, -0.1) is 0 Å². The molecule has 0 aliphatic rings. The lowest BCUT2D eigenvalue weighted by atomic mass is 10.1. The van der Waals surface area contributed by atoms with Gasteiger partial charge in [-0.3, -0.25) is 0 Å². The molecule has 0 saturated heterocycles. The van der Waals surface area contributed by atoms with Crippen LogP contribution >= 0.6 is 15.9 Å². The second kappa shape index (κ2) is 5.02. The molecule has 0 aliphatic heterocycles. The Labute approximate surface area is 124 Å². The van der Waals surface area contributed by atoms with Gasteiger partial charge in [0.25, 0.3) is 0 Å². The standard InChI is InChI=1S/C15H11BrN2O2/c16-15-9-14(10-1-5-12(19)6-2-10)17-18(15)11-3-7-13(20)8-4-11/h1-9,19-20H. The van der Waals surface area contributed by atoms with E-state index in [0.717, 1.165) is 21.5 Å². The zero-order chi connectivity index (χ0) is 14.1. The van der Waals surface area contributed by atoms with Gasteiger partial charge in [0.05, 0.1) is 11.4 Å². The Morgan fingerprint density at radius 1 is 0.850 bits per heavy atom. The molecule has 100 valence electrons. The summed E-state index contributed by atoms with van der Waals surface area (Å²) in [4.78, 5) is 0. The number of hydrogen-bond acceptors (Lipinski definition) is 3. The lowest BCUT2D eigenvalue weighted by molar-refractivity contribution is 0.474. The molecule has 0 unspecified atom stereocenters. The summed E-state index contributed by atoms with van der Waals surface area (Å²) in [5.74, 6) is 0.446. The van der Waals surface area contributed by atoms with Gasteiger partial charge in [-0.2, -0.15) is 5.10 Å². The highest BCUT2D eigenvalue weighted by Gasteiger charge is 2.09. The summed E-state index contributed by atoms with van der Waals surface area (Å²) in [7, 11) is 0. The molecule has 0 saturated carbocycles. The Morgan fingerprint density at radius 2 is 1.40 bits per heavy atom. The SMILES string of the molecule is Oc1ccc(-c2cc(Br)n(-c3ccc(O)cc3)n2)cc1. The molecule has 2 N–H and O–H groups in total. The van der Waals surface area contributed by atoms with Crippen molar-refractivity contribution >= 4 is 15.9 Å². The minimum absolute atomic E-state index is 0.218. The number of benzene rings is 2. The van der Waals surface area contributed by atoms with Gasteiger partial charge in [0, 0.05) is 5.56 Å². The van der Waals surface area contributed by atoms with Crippen molar-refractivity contribution in [1.82, 2.24) is 9.78 Å². The number of nitrogens with zero attached hydrogens (tertiary/aromatic N) is 2. The van der Waals surface area contributed by atoms with Crippen molar-refractivity contribution in [2.75, 3.05) is 0 Å². The Hall–Kier alpha value is -2.27. The molecular formula is C15H11BrN2O2. The van der Waals surface area contributed by atoms with Gasteiger partial charge >= 0.3 is 0 Å². The highest BCUT2D eigenvalue weighted by molar-refractivity contribution is 9.10. The third-order valence-electron chi connectivity index (χ3n) is 2.92. The second-order valence-electron chi connectivity index (χ2n) is 4.33. The molecule has 0 spiro atoms. The van der Waals surface area contributed by atoms with Crippen molar-refractivity contribution in [3.63, 3.8) is 0 Å². The number of halogens is 1. The molecule has 4 nitrogen and oxygen atoms in total. The van der Waals surface area contributed by atoms with Crippen LogP contribution in [0.2, 0.25) is 0 Å². The number of aromatic hydroxyl groups is 2. The van der Waals surface area contributed by atoms with E-state index < -0.39 is 0 Å². The first-order valence-electron chi connectivity index (χ1n) is 5.98. The normalized spacial score (nSPS) is 10.7. The third kappa shape index (κ3) is 2.40. The van der Waals surface area contributed by atoms with Gasteiger partial charge in [0.2, 0.25) is 0 Å². The van der Waals surface area contributed by atoms with Crippen LogP contribution in [0, 0.1) is 0 Å². The van der Waals surface area contributed by atoms with Crippen molar-refractivity contribution < 1.29 is 10.2 Å². The number of phenols is 2. The molecule has 5 heteroatoms. The molecular weight excluding hydrogens is 320 g/mol. The topological polar surface area (TPSA) is 58.3 Å².